The summed E-state index contributed by atoms with van der Waals surface area (Å²) in [6.07, 6.45) is 5.89. The number of nitrogens with two attached hydrogens (primary N) is 1. The van der Waals surface area contributed by atoms with E-state index in [1.54, 1.807) is 0 Å². The molecule has 0 aromatic heterocycles. The zero-order valence-electron chi connectivity index (χ0n) is 12.5. The van der Waals surface area contributed by atoms with E-state index in [0.29, 0.717) is 24.9 Å². The summed E-state index contributed by atoms with van der Waals surface area (Å²) in [6, 6.07) is 8.69. The van der Waals surface area contributed by atoms with Gasteiger partial charge in [0.05, 0.1) is 0 Å². The lowest BCUT2D eigenvalue weighted by molar-refractivity contribution is -0.134. The van der Waals surface area contributed by atoms with Gasteiger partial charge in [0.1, 0.15) is 0 Å². The van der Waals surface area contributed by atoms with Crippen LogP contribution in [0.2, 0.25) is 0 Å². The summed E-state index contributed by atoms with van der Waals surface area (Å²) in [7, 11) is 0. The van der Waals surface area contributed by atoms with Crippen LogP contribution >= 0.6 is 0 Å². The Morgan fingerprint density at radius 3 is 2.90 bits per heavy atom. The van der Waals surface area contributed by atoms with Crippen molar-refractivity contribution < 1.29 is 4.79 Å². The third-order valence-electron chi connectivity index (χ3n) is 4.32. The van der Waals surface area contributed by atoms with E-state index in [2.05, 4.69) is 24.0 Å². The fourth-order valence-corrected chi connectivity index (χ4v) is 3.10. The number of benzene rings is 1. The number of amides is 1. The molecule has 1 aromatic carbocycles. The number of carbonyl (C=O) groups excluding carboxylic acids is 1. The summed E-state index contributed by atoms with van der Waals surface area (Å²) in [5.74, 6) is 0.298. The molecular formula is C17H26N2O. The van der Waals surface area contributed by atoms with Gasteiger partial charge in [-0.05, 0) is 56.7 Å². The maximum absolute atomic E-state index is 12.5. The topological polar surface area (TPSA) is 46.3 Å². The van der Waals surface area contributed by atoms with Gasteiger partial charge < -0.3 is 10.6 Å². The number of nitrogens with zero attached hydrogens (tertiary/aromatic N) is 1. The number of hydrogen-bond donors (Lipinski definition) is 1. The van der Waals surface area contributed by atoms with E-state index in [-0.39, 0.29) is 0 Å². The predicted octanol–water partition coefficient (Wildman–Crippen LogP) is 2.66. The number of carbonyl (C=O) groups is 1. The van der Waals surface area contributed by atoms with Crippen molar-refractivity contribution in [3.63, 3.8) is 0 Å². The largest absolute Gasteiger partial charge is 0.340 e. The molecule has 1 aliphatic heterocycles. The van der Waals surface area contributed by atoms with Crippen molar-refractivity contribution in [1.82, 2.24) is 4.90 Å². The molecule has 20 heavy (non-hydrogen) atoms. The molecule has 0 bridgehead atoms. The number of rotatable bonds is 5. The smallest absolute Gasteiger partial charge is 0.223 e. The highest BCUT2D eigenvalue weighted by Gasteiger charge is 2.25. The van der Waals surface area contributed by atoms with Crippen LogP contribution in [0.3, 0.4) is 0 Å². The average molecular weight is 274 g/mol. The van der Waals surface area contributed by atoms with Crippen molar-refractivity contribution >= 4 is 5.91 Å². The van der Waals surface area contributed by atoms with Gasteiger partial charge in [-0.25, -0.2) is 0 Å². The molecule has 2 N–H and O–H groups in total. The first-order valence-electron chi connectivity index (χ1n) is 7.76. The lowest BCUT2D eigenvalue weighted by Gasteiger charge is -2.36. The van der Waals surface area contributed by atoms with Crippen LogP contribution in [0.25, 0.3) is 0 Å². The summed E-state index contributed by atoms with van der Waals surface area (Å²) in [5.41, 5.74) is 8.23. The third kappa shape index (κ3) is 3.83. The molecule has 0 aliphatic carbocycles. The van der Waals surface area contributed by atoms with Gasteiger partial charge in [0.2, 0.25) is 5.91 Å². The van der Waals surface area contributed by atoms with E-state index >= 15 is 0 Å². The van der Waals surface area contributed by atoms with Crippen LogP contribution in [0, 0.1) is 6.92 Å². The maximum Gasteiger partial charge on any atom is 0.223 e. The normalized spacial score (nSPS) is 19.1. The molecule has 110 valence electrons. The van der Waals surface area contributed by atoms with Gasteiger partial charge in [-0.3, -0.25) is 4.79 Å². The summed E-state index contributed by atoms with van der Waals surface area (Å²) in [4.78, 5) is 14.5. The number of hydrogen-bond acceptors (Lipinski definition) is 2. The van der Waals surface area contributed by atoms with E-state index in [4.69, 9.17) is 5.73 Å². The van der Waals surface area contributed by atoms with Crippen molar-refractivity contribution in [1.29, 1.82) is 0 Å². The van der Waals surface area contributed by atoms with Gasteiger partial charge in [-0.2, -0.15) is 0 Å². The standard InChI is InChI=1S/C17H26N2O/c1-14-6-2-3-7-15(14)9-10-17(20)19-13-5-4-8-16(19)11-12-18/h2-3,6-7,16H,4-5,8-13,18H2,1H3/t16-/m1/s1. The molecule has 0 radical (unpaired) electrons. The summed E-state index contributed by atoms with van der Waals surface area (Å²) < 4.78 is 0. The molecule has 1 aliphatic rings. The second-order valence-electron chi connectivity index (χ2n) is 5.74. The molecule has 1 amide bonds. The van der Waals surface area contributed by atoms with Crippen LogP contribution in [0.15, 0.2) is 24.3 Å². The first kappa shape index (κ1) is 15.0. The highest BCUT2D eigenvalue weighted by molar-refractivity contribution is 5.77. The molecule has 1 fully saturated rings. The maximum atomic E-state index is 12.5. The van der Waals surface area contributed by atoms with Crippen LogP contribution in [-0.2, 0) is 11.2 Å². The van der Waals surface area contributed by atoms with Gasteiger partial charge in [0.25, 0.3) is 0 Å². The Labute approximate surface area is 122 Å². The first-order chi connectivity index (χ1) is 9.72. The fourth-order valence-electron chi connectivity index (χ4n) is 3.10. The molecule has 0 saturated carbocycles. The van der Waals surface area contributed by atoms with Crippen LogP contribution in [0.4, 0.5) is 0 Å². The summed E-state index contributed by atoms with van der Waals surface area (Å²) >= 11 is 0. The second kappa shape index (κ2) is 7.44. The second-order valence-corrected chi connectivity index (χ2v) is 5.74. The van der Waals surface area contributed by atoms with Gasteiger partial charge >= 0.3 is 0 Å². The SMILES string of the molecule is Cc1ccccc1CCC(=O)N1CCCC[C@@H]1CCN. The van der Waals surface area contributed by atoms with Crippen molar-refractivity contribution in [3.8, 4) is 0 Å². The Morgan fingerprint density at radius 1 is 1.35 bits per heavy atom. The molecule has 1 heterocycles. The predicted molar refractivity (Wildman–Crippen MR) is 82.5 cm³/mol. The fraction of sp³-hybridized carbons (Fsp3) is 0.588. The number of aryl methyl sites for hydroxylation is 2. The molecule has 2 rings (SSSR count). The van der Waals surface area contributed by atoms with Crippen molar-refractivity contribution in [2.45, 2.75) is 51.5 Å². The number of piperidine rings is 1. The summed E-state index contributed by atoms with van der Waals surface area (Å²) in [6.45, 7) is 3.70. The van der Waals surface area contributed by atoms with Crippen LogP contribution < -0.4 is 5.73 Å². The highest BCUT2D eigenvalue weighted by Crippen LogP contribution is 2.21. The van der Waals surface area contributed by atoms with E-state index < -0.39 is 0 Å². The van der Waals surface area contributed by atoms with Crippen molar-refractivity contribution in [2.75, 3.05) is 13.1 Å². The molecule has 0 spiro atoms. The Bertz CT molecular complexity index is 442. The van der Waals surface area contributed by atoms with E-state index in [1.165, 1.54) is 17.5 Å². The van der Waals surface area contributed by atoms with Crippen LogP contribution in [0.5, 0.6) is 0 Å². The van der Waals surface area contributed by atoms with Gasteiger partial charge in [-0.15, -0.1) is 0 Å². The van der Waals surface area contributed by atoms with Gasteiger partial charge in [0, 0.05) is 19.0 Å². The quantitative estimate of drug-likeness (QED) is 0.897. The van der Waals surface area contributed by atoms with Crippen molar-refractivity contribution in [3.05, 3.63) is 35.4 Å². The van der Waals surface area contributed by atoms with E-state index in [9.17, 15) is 4.79 Å². The molecule has 0 unspecified atom stereocenters. The van der Waals surface area contributed by atoms with E-state index in [0.717, 1.165) is 32.2 Å². The Balaban J connectivity index is 1.91. The Kier molecular flexibility index (Phi) is 5.60. The minimum absolute atomic E-state index is 0.298. The minimum Gasteiger partial charge on any atom is -0.340 e. The Morgan fingerprint density at radius 2 is 2.15 bits per heavy atom. The average Bonchev–Trinajstić information content (AvgIpc) is 2.47. The highest BCUT2D eigenvalue weighted by atomic mass is 16.2. The zero-order valence-corrected chi connectivity index (χ0v) is 12.5. The minimum atomic E-state index is 0.298. The van der Waals surface area contributed by atoms with Gasteiger partial charge in [-0.1, -0.05) is 24.3 Å². The van der Waals surface area contributed by atoms with Gasteiger partial charge in [0.15, 0.2) is 0 Å². The third-order valence-corrected chi connectivity index (χ3v) is 4.32. The summed E-state index contributed by atoms with van der Waals surface area (Å²) in [5, 5.41) is 0. The zero-order chi connectivity index (χ0) is 14.4. The molecule has 1 atom stereocenters. The van der Waals surface area contributed by atoms with E-state index in [1.807, 2.05) is 12.1 Å². The number of likely N-dealkylation sites (tertiary alicyclic amines) is 1. The van der Waals surface area contributed by atoms with Crippen molar-refractivity contribution in [2.24, 2.45) is 5.73 Å². The first-order valence-corrected chi connectivity index (χ1v) is 7.76. The molecule has 1 aromatic rings. The lowest BCUT2D eigenvalue weighted by Crippen LogP contribution is -2.44. The molecule has 3 nitrogen and oxygen atoms in total. The monoisotopic (exact) mass is 274 g/mol. The molecule has 1 saturated heterocycles. The van der Waals surface area contributed by atoms with Crippen LogP contribution in [0.1, 0.15) is 43.2 Å². The van der Waals surface area contributed by atoms with Crippen LogP contribution in [-0.4, -0.2) is 29.9 Å². The molecule has 3 heteroatoms. The lowest BCUT2D eigenvalue weighted by atomic mass is 9.97. The molecular weight excluding hydrogens is 248 g/mol. The Hall–Kier alpha value is -1.35.